The van der Waals surface area contributed by atoms with Crippen molar-refractivity contribution in [3.05, 3.63) is 47.0 Å². The Bertz CT molecular complexity index is 407. The highest BCUT2D eigenvalue weighted by atomic mass is 35.5. The summed E-state index contributed by atoms with van der Waals surface area (Å²) < 4.78 is 4.72. The number of hydrogen-bond donors (Lipinski definition) is 0. The van der Waals surface area contributed by atoms with Gasteiger partial charge in [-0.15, -0.1) is 0 Å². The van der Waals surface area contributed by atoms with E-state index in [1.165, 1.54) is 6.08 Å². The molecule has 0 saturated carbocycles. The SMILES string of the molecule is CC=CC(=O)OCC(=O)c1ccc(Cl)cc1. The van der Waals surface area contributed by atoms with Gasteiger partial charge in [0, 0.05) is 16.7 Å². The molecule has 84 valence electrons. The smallest absolute Gasteiger partial charge is 0.330 e. The number of benzene rings is 1. The largest absolute Gasteiger partial charge is 0.454 e. The number of ether oxygens (including phenoxy) is 1. The van der Waals surface area contributed by atoms with Crippen LogP contribution in [-0.2, 0) is 9.53 Å². The molecule has 16 heavy (non-hydrogen) atoms. The van der Waals surface area contributed by atoms with Crippen molar-refractivity contribution in [1.82, 2.24) is 0 Å². The first-order chi connectivity index (χ1) is 7.63. The highest BCUT2D eigenvalue weighted by Gasteiger charge is 2.07. The predicted molar refractivity (Wildman–Crippen MR) is 61.6 cm³/mol. The van der Waals surface area contributed by atoms with E-state index in [4.69, 9.17) is 16.3 Å². The lowest BCUT2D eigenvalue weighted by Gasteiger charge is -2.01. The Morgan fingerprint density at radius 3 is 2.50 bits per heavy atom. The summed E-state index contributed by atoms with van der Waals surface area (Å²) in [7, 11) is 0. The lowest BCUT2D eigenvalue weighted by atomic mass is 10.1. The van der Waals surface area contributed by atoms with Crippen LogP contribution in [0.25, 0.3) is 0 Å². The second kappa shape index (κ2) is 6.08. The Hall–Kier alpha value is -1.61. The number of carbonyl (C=O) groups is 2. The van der Waals surface area contributed by atoms with E-state index in [1.807, 2.05) is 0 Å². The molecule has 1 rings (SSSR count). The second-order valence-corrected chi connectivity index (χ2v) is 3.47. The number of esters is 1. The Balaban J connectivity index is 2.53. The second-order valence-electron chi connectivity index (χ2n) is 3.04. The number of carbonyl (C=O) groups excluding carboxylic acids is 2. The molecule has 0 aliphatic heterocycles. The number of Topliss-reactive ketones (excluding diaryl/α,β-unsaturated/α-hetero) is 1. The number of rotatable bonds is 4. The maximum Gasteiger partial charge on any atom is 0.330 e. The molecule has 1 aromatic carbocycles. The van der Waals surface area contributed by atoms with Gasteiger partial charge in [0.05, 0.1) is 0 Å². The number of allylic oxidation sites excluding steroid dienone is 1. The van der Waals surface area contributed by atoms with E-state index in [0.717, 1.165) is 0 Å². The molecule has 0 radical (unpaired) electrons. The van der Waals surface area contributed by atoms with Crippen LogP contribution >= 0.6 is 11.6 Å². The maximum absolute atomic E-state index is 11.5. The minimum Gasteiger partial charge on any atom is -0.454 e. The van der Waals surface area contributed by atoms with Crippen LogP contribution in [0.5, 0.6) is 0 Å². The van der Waals surface area contributed by atoms with Crippen LogP contribution in [0.3, 0.4) is 0 Å². The van der Waals surface area contributed by atoms with Crippen molar-refractivity contribution in [1.29, 1.82) is 0 Å². The lowest BCUT2D eigenvalue weighted by Crippen LogP contribution is -2.12. The molecular formula is C12H11ClO3. The molecule has 0 unspecified atom stereocenters. The zero-order valence-corrected chi connectivity index (χ0v) is 9.53. The highest BCUT2D eigenvalue weighted by molar-refractivity contribution is 6.30. The van der Waals surface area contributed by atoms with Crippen molar-refractivity contribution in [2.75, 3.05) is 6.61 Å². The molecule has 1 aromatic rings. The zero-order valence-electron chi connectivity index (χ0n) is 8.77. The van der Waals surface area contributed by atoms with Crippen molar-refractivity contribution < 1.29 is 14.3 Å². The molecule has 0 spiro atoms. The van der Waals surface area contributed by atoms with Gasteiger partial charge in [-0.25, -0.2) is 4.79 Å². The van der Waals surface area contributed by atoms with Gasteiger partial charge >= 0.3 is 5.97 Å². The standard InChI is InChI=1S/C12H11ClO3/c1-2-3-12(15)16-8-11(14)9-4-6-10(13)7-5-9/h2-7H,8H2,1H3. The van der Waals surface area contributed by atoms with Crippen LogP contribution in [0, 0.1) is 0 Å². The summed E-state index contributed by atoms with van der Waals surface area (Å²) in [6, 6.07) is 6.41. The average Bonchev–Trinajstić information content (AvgIpc) is 2.27. The Kier molecular flexibility index (Phi) is 4.73. The monoisotopic (exact) mass is 238 g/mol. The van der Waals surface area contributed by atoms with Crippen LogP contribution in [-0.4, -0.2) is 18.4 Å². The highest BCUT2D eigenvalue weighted by Crippen LogP contribution is 2.10. The van der Waals surface area contributed by atoms with E-state index in [-0.39, 0.29) is 12.4 Å². The molecule has 0 saturated heterocycles. The number of hydrogen-bond acceptors (Lipinski definition) is 3. The minimum atomic E-state index is -0.523. The van der Waals surface area contributed by atoms with Crippen molar-refractivity contribution >= 4 is 23.4 Å². The summed E-state index contributed by atoms with van der Waals surface area (Å²) in [4.78, 5) is 22.5. The molecule has 0 atom stereocenters. The predicted octanol–water partition coefficient (Wildman–Crippen LogP) is 2.64. The van der Waals surface area contributed by atoms with Gasteiger partial charge in [-0.1, -0.05) is 17.7 Å². The fourth-order valence-electron chi connectivity index (χ4n) is 1.04. The summed E-state index contributed by atoms with van der Waals surface area (Å²) in [6.07, 6.45) is 2.81. The van der Waals surface area contributed by atoms with Crippen LogP contribution in [0.15, 0.2) is 36.4 Å². The van der Waals surface area contributed by atoms with E-state index in [2.05, 4.69) is 0 Å². The van der Waals surface area contributed by atoms with Gasteiger partial charge in [-0.3, -0.25) is 4.79 Å². The Morgan fingerprint density at radius 1 is 1.31 bits per heavy atom. The zero-order chi connectivity index (χ0) is 12.0. The third-order valence-electron chi connectivity index (χ3n) is 1.81. The molecule has 0 aliphatic carbocycles. The Morgan fingerprint density at radius 2 is 1.94 bits per heavy atom. The molecule has 0 aliphatic rings. The third kappa shape index (κ3) is 3.87. The molecular weight excluding hydrogens is 228 g/mol. The normalized spacial score (nSPS) is 10.4. The molecule has 0 fully saturated rings. The molecule has 4 heteroatoms. The Labute approximate surface area is 98.7 Å². The van der Waals surface area contributed by atoms with Crippen molar-refractivity contribution in [2.24, 2.45) is 0 Å². The third-order valence-corrected chi connectivity index (χ3v) is 2.07. The van der Waals surface area contributed by atoms with Crippen molar-refractivity contribution in [3.8, 4) is 0 Å². The minimum absolute atomic E-state index is 0.255. The molecule has 0 bridgehead atoms. The van der Waals surface area contributed by atoms with Crippen molar-refractivity contribution in [2.45, 2.75) is 6.92 Å². The molecule has 0 heterocycles. The van der Waals surface area contributed by atoms with Gasteiger partial charge in [-0.2, -0.15) is 0 Å². The van der Waals surface area contributed by atoms with E-state index in [1.54, 1.807) is 37.3 Å². The van der Waals surface area contributed by atoms with Gasteiger partial charge in [-0.05, 0) is 31.2 Å². The topological polar surface area (TPSA) is 43.4 Å². The van der Waals surface area contributed by atoms with Crippen LogP contribution in [0.1, 0.15) is 17.3 Å². The molecule has 3 nitrogen and oxygen atoms in total. The van der Waals surface area contributed by atoms with Gasteiger partial charge in [0.25, 0.3) is 0 Å². The summed E-state index contributed by atoms with van der Waals surface area (Å²) in [6.45, 7) is 1.44. The fraction of sp³-hybridized carbons (Fsp3) is 0.167. The fourth-order valence-corrected chi connectivity index (χ4v) is 1.17. The number of halogens is 1. The summed E-state index contributed by atoms with van der Waals surface area (Å²) in [5, 5.41) is 0.558. The molecule has 0 N–H and O–H groups in total. The van der Waals surface area contributed by atoms with E-state index < -0.39 is 5.97 Å². The van der Waals surface area contributed by atoms with Crippen LogP contribution in [0.4, 0.5) is 0 Å². The molecule has 0 aromatic heterocycles. The van der Waals surface area contributed by atoms with Gasteiger partial charge < -0.3 is 4.74 Å². The van der Waals surface area contributed by atoms with E-state index >= 15 is 0 Å². The van der Waals surface area contributed by atoms with Gasteiger partial charge in [0.15, 0.2) is 12.4 Å². The summed E-state index contributed by atoms with van der Waals surface area (Å²) in [5.74, 6) is -0.778. The summed E-state index contributed by atoms with van der Waals surface area (Å²) in [5.41, 5.74) is 0.470. The number of ketones is 1. The molecule has 0 amide bonds. The lowest BCUT2D eigenvalue weighted by molar-refractivity contribution is -0.136. The van der Waals surface area contributed by atoms with E-state index in [9.17, 15) is 9.59 Å². The van der Waals surface area contributed by atoms with E-state index in [0.29, 0.717) is 10.6 Å². The first-order valence-electron chi connectivity index (χ1n) is 4.71. The summed E-state index contributed by atoms with van der Waals surface area (Å²) >= 11 is 5.68. The quantitative estimate of drug-likeness (QED) is 0.460. The van der Waals surface area contributed by atoms with Gasteiger partial charge in [0.2, 0.25) is 0 Å². The maximum atomic E-state index is 11.5. The van der Waals surface area contributed by atoms with Crippen LogP contribution in [0.2, 0.25) is 5.02 Å². The first-order valence-corrected chi connectivity index (χ1v) is 5.09. The van der Waals surface area contributed by atoms with Crippen molar-refractivity contribution in [3.63, 3.8) is 0 Å². The van der Waals surface area contributed by atoms with Crippen LogP contribution < -0.4 is 0 Å². The first kappa shape index (κ1) is 12.5. The average molecular weight is 239 g/mol. The van der Waals surface area contributed by atoms with Gasteiger partial charge in [0.1, 0.15) is 0 Å².